The number of fused-ring (bicyclic) bond motifs is 2. The Labute approximate surface area is 190 Å². The smallest absolute Gasteiger partial charge is 0.0511 e. The summed E-state index contributed by atoms with van der Waals surface area (Å²) in [6, 6.07) is 23.6. The van der Waals surface area contributed by atoms with Crippen molar-refractivity contribution in [3.05, 3.63) is 97.2 Å². The van der Waals surface area contributed by atoms with Gasteiger partial charge in [-0.05, 0) is 23.2 Å². The summed E-state index contributed by atoms with van der Waals surface area (Å²) in [5.74, 6) is 0. The third-order valence-electron chi connectivity index (χ3n) is 4.54. The van der Waals surface area contributed by atoms with E-state index >= 15 is 0 Å². The number of benzene rings is 2. The van der Waals surface area contributed by atoms with Crippen molar-refractivity contribution in [3.63, 3.8) is 0 Å². The second-order valence-electron chi connectivity index (χ2n) is 7.05. The van der Waals surface area contributed by atoms with Gasteiger partial charge in [0.15, 0.2) is 0 Å². The Morgan fingerprint density at radius 2 is 1.64 bits per heavy atom. The predicted octanol–water partition coefficient (Wildman–Crippen LogP) is 8.13. The van der Waals surface area contributed by atoms with E-state index in [-0.39, 0.29) is 24.0 Å². The predicted molar refractivity (Wildman–Crippen MR) is 125 cm³/mol. The van der Waals surface area contributed by atoms with Gasteiger partial charge in [-0.1, -0.05) is 43.5 Å². The van der Waals surface area contributed by atoms with Crippen molar-refractivity contribution in [3.8, 4) is 5.69 Å². The molecule has 1 aromatic heterocycles. The van der Waals surface area contributed by atoms with Crippen LogP contribution in [0.25, 0.3) is 27.4 Å². The number of aromatic nitrogens is 1. The third-order valence-corrected chi connectivity index (χ3v) is 4.54. The van der Waals surface area contributed by atoms with Crippen molar-refractivity contribution in [2.24, 2.45) is 5.41 Å². The molecule has 0 amide bonds. The van der Waals surface area contributed by atoms with Gasteiger partial charge in [0.05, 0.1) is 5.52 Å². The summed E-state index contributed by atoms with van der Waals surface area (Å²) in [7, 11) is 0. The van der Waals surface area contributed by atoms with Gasteiger partial charge in [-0.3, -0.25) is 6.08 Å². The molecule has 0 saturated heterocycles. The number of nitrogens with zero attached hydrogens (tertiary/aromatic N) is 1. The second-order valence-corrected chi connectivity index (χ2v) is 18.4. The van der Waals surface area contributed by atoms with E-state index in [9.17, 15) is 0 Å². The third kappa shape index (κ3) is 5.50. The van der Waals surface area contributed by atoms with E-state index in [1.54, 1.807) is 0 Å². The second kappa shape index (κ2) is 10.1. The molecule has 0 radical (unpaired) electrons. The van der Waals surface area contributed by atoms with Gasteiger partial charge in [-0.2, -0.15) is 6.08 Å². The maximum Gasteiger partial charge on any atom is 0.0511 e. The van der Waals surface area contributed by atoms with E-state index in [4.69, 9.17) is 0 Å². The first kappa shape index (κ1) is 21.6. The topological polar surface area (TPSA) is 4.93 Å². The molecule has 0 bridgehead atoms. The zero-order chi connectivity index (χ0) is 20.0. The molecule has 0 unspecified atom stereocenters. The molecule has 5 rings (SSSR count). The van der Waals surface area contributed by atoms with Crippen molar-refractivity contribution in [1.82, 2.24) is 4.57 Å². The SMILES string of the molecule is CC1(C)[C-]=CC=C1.[Br][Zr+2][Br].c1ccc2[cH-]c(-n3ccc4ccccc43)cc2c1. The molecular weight excluding hydrogens is 553 g/mol. The molecule has 140 valence electrons. The Bertz CT molecular complexity index is 1050. The molecule has 0 spiro atoms. The van der Waals surface area contributed by atoms with Gasteiger partial charge in [0.2, 0.25) is 0 Å². The molecule has 0 atom stereocenters. The molecule has 0 aliphatic heterocycles. The van der Waals surface area contributed by atoms with Gasteiger partial charge in [-0.25, -0.2) is 12.2 Å². The standard InChI is InChI=1S/C17H12N.C7H9.2BrH.Zr/c1-2-7-15-12-16(11-14(15)6-1)18-10-9-13-5-3-4-8-17(13)18;1-7(2)5-3-4-6-7;;;/h1-12H;3-5H,1-2H3;2*1H;/q2*-1;;;+4/p-2. The van der Waals surface area contributed by atoms with Crippen LogP contribution in [-0.2, 0) is 18.5 Å². The summed E-state index contributed by atoms with van der Waals surface area (Å²) in [6.07, 6.45) is 11.4. The van der Waals surface area contributed by atoms with Gasteiger partial charge < -0.3 is 4.57 Å². The average Bonchev–Trinajstić information content (AvgIpc) is 3.39. The summed E-state index contributed by atoms with van der Waals surface area (Å²) >= 11 is 6.32. The molecule has 0 N–H and O–H groups in total. The van der Waals surface area contributed by atoms with Crippen molar-refractivity contribution in [2.75, 3.05) is 0 Å². The van der Waals surface area contributed by atoms with Crippen LogP contribution in [0.3, 0.4) is 0 Å². The minimum Gasteiger partial charge on any atom is -0.335 e. The number of rotatable bonds is 1. The zero-order valence-electron chi connectivity index (χ0n) is 15.9. The fraction of sp³-hybridized carbons (Fsp3) is 0.125. The largest absolute Gasteiger partial charge is 0.335 e. The first-order chi connectivity index (χ1) is 13.5. The number of hydrogen-bond acceptors (Lipinski definition) is 0. The quantitative estimate of drug-likeness (QED) is 0.202. The Morgan fingerprint density at radius 3 is 2.25 bits per heavy atom. The summed E-state index contributed by atoms with van der Waals surface area (Å²) in [4.78, 5) is 0. The Balaban J connectivity index is 0.000000188. The number of para-hydroxylation sites is 1. The first-order valence-electron chi connectivity index (χ1n) is 9.01. The molecule has 28 heavy (non-hydrogen) atoms. The van der Waals surface area contributed by atoms with Crippen LogP contribution in [0.2, 0.25) is 0 Å². The molecule has 4 heteroatoms. The molecule has 0 fully saturated rings. The molecule has 0 saturated carbocycles. The minimum atomic E-state index is -0.145. The van der Waals surface area contributed by atoms with Crippen LogP contribution < -0.4 is 0 Å². The number of hydrogen-bond donors (Lipinski definition) is 0. The molecule has 1 nitrogen and oxygen atoms in total. The van der Waals surface area contributed by atoms with E-state index in [1.165, 1.54) is 27.4 Å². The molecule has 1 heterocycles. The van der Waals surface area contributed by atoms with Crippen LogP contribution in [0.15, 0.2) is 91.2 Å². The number of halogens is 2. The van der Waals surface area contributed by atoms with Crippen LogP contribution in [-0.4, -0.2) is 4.57 Å². The summed E-state index contributed by atoms with van der Waals surface area (Å²) < 4.78 is 2.25. The van der Waals surface area contributed by atoms with Crippen molar-refractivity contribution < 1.29 is 18.5 Å². The van der Waals surface area contributed by atoms with E-state index in [0.717, 1.165) is 0 Å². The van der Waals surface area contributed by atoms with Crippen LogP contribution in [0.1, 0.15) is 13.8 Å². The van der Waals surface area contributed by atoms with Crippen LogP contribution in [0.5, 0.6) is 0 Å². The van der Waals surface area contributed by atoms with E-state index in [2.05, 4.69) is 128 Å². The molecule has 1 aliphatic carbocycles. The zero-order valence-corrected chi connectivity index (χ0v) is 21.5. The normalized spacial score (nSPS) is 13.6. The van der Waals surface area contributed by atoms with E-state index in [0.29, 0.717) is 0 Å². The van der Waals surface area contributed by atoms with Crippen LogP contribution in [0, 0.1) is 11.5 Å². The Kier molecular flexibility index (Phi) is 7.79. The Hall–Kier alpha value is -1.09. The maximum atomic E-state index is 3.23. The van der Waals surface area contributed by atoms with Crippen molar-refractivity contribution in [2.45, 2.75) is 13.8 Å². The van der Waals surface area contributed by atoms with E-state index in [1.807, 2.05) is 12.2 Å². The van der Waals surface area contributed by atoms with Crippen LogP contribution >= 0.6 is 24.4 Å². The van der Waals surface area contributed by atoms with Crippen LogP contribution in [0.4, 0.5) is 0 Å². The fourth-order valence-electron chi connectivity index (χ4n) is 3.18. The van der Waals surface area contributed by atoms with Crippen molar-refractivity contribution in [1.29, 1.82) is 0 Å². The first-order valence-corrected chi connectivity index (χ1v) is 20.2. The van der Waals surface area contributed by atoms with Gasteiger partial charge in [0.25, 0.3) is 0 Å². The monoisotopic (exact) mass is 571 g/mol. The average molecular weight is 574 g/mol. The minimum absolute atomic E-state index is 0.145. The van der Waals surface area contributed by atoms with Gasteiger partial charge in [0, 0.05) is 6.20 Å². The molecule has 4 aromatic rings. The summed E-state index contributed by atoms with van der Waals surface area (Å²) in [6.45, 7) is 4.26. The summed E-state index contributed by atoms with van der Waals surface area (Å²) in [5.41, 5.74) is 2.70. The number of allylic oxidation sites excluding steroid dienone is 4. The van der Waals surface area contributed by atoms with Gasteiger partial charge >= 0.3 is 43.0 Å². The molecule has 1 aliphatic rings. The van der Waals surface area contributed by atoms with Gasteiger partial charge in [0.1, 0.15) is 0 Å². The van der Waals surface area contributed by atoms with Gasteiger partial charge in [-0.15, -0.1) is 41.1 Å². The molecular formula is C24H21Br2NZr. The fourth-order valence-corrected chi connectivity index (χ4v) is 3.18. The summed E-state index contributed by atoms with van der Waals surface area (Å²) in [5, 5.41) is 3.87. The van der Waals surface area contributed by atoms with E-state index < -0.39 is 0 Å². The van der Waals surface area contributed by atoms with Crippen molar-refractivity contribution >= 4 is 46.1 Å². The Morgan fingerprint density at radius 1 is 0.964 bits per heavy atom. The molecule has 3 aromatic carbocycles. The maximum absolute atomic E-state index is 3.23.